The van der Waals surface area contributed by atoms with E-state index in [1.165, 1.54) is 10.9 Å². The molecule has 1 aromatic carbocycles. The molecule has 1 aliphatic rings. The summed E-state index contributed by atoms with van der Waals surface area (Å²) in [5, 5.41) is 4.62. The lowest BCUT2D eigenvalue weighted by Gasteiger charge is -2.28. The summed E-state index contributed by atoms with van der Waals surface area (Å²) in [5.41, 5.74) is 2.50. The highest BCUT2D eigenvalue weighted by atomic mass is 15.2. The van der Waals surface area contributed by atoms with Gasteiger partial charge in [0.2, 0.25) is 0 Å². The SMILES string of the molecule is CCc1cccc2ccc(N3CCNCC3)nc12. The molecular weight excluding hydrogens is 222 g/mol. The predicted molar refractivity (Wildman–Crippen MR) is 76.2 cm³/mol. The molecule has 18 heavy (non-hydrogen) atoms. The Morgan fingerprint density at radius 3 is 2.78 bits per heavy atom. The topological polar surface area (TPSA) is 28.2 Å². The van der Waals surface area contributed by atoms with Gasteiger partial charge in [-0.25, -0.2) is 4.98 Å². The van der Waals surface area contributed by atoms with Crippen LogP contribution in [0.4, 0.5) is 5.82 Å². The van der Waals surface area contributed by atoms with Crippen molar-refractivity contribution in [2.75, 3.05) is 31.1 Å². The van der Waals surface area contributed by atoms with Crippen molar-refractivity contribution in [2.45, 2.75) is 13.3 Å². The fourth-order valence-corrected chi connectivity index (χ4v) is 2.55. The molecule has 3 nitrogen and oxygen atoms in total. The molecule has 3 heteroatoms. The van der Waals surface area contributed by atoms with Gasteiger partial charge in [-0.3, -0.25) is 0 Å². The standard InChI is InChI=1S/C15H19N3/c1-2-12-4-3-5-13-6-7-14(17-15(12)13)18-10-8-16-9-11-18/h3-7,16H,2,8-11H2,1H3. The van der Waals surface area contributed by atoms with Gasteiger partial charge in [0, 0.05) is 31.6 Å². The second-order valence-electron chi connectivity index (χ2n) is 4.75. The molecule has 0 bridgehead atoms. The summed E-state index contributed by atoms with van der Waals surface area (Å²) >= 11 is 0. The first-order valence-electron chi connectivity index (χ1n) is 6.73. The average Bonchev–Trinajstić information content (AvgIpc) is 2.47. The Balaban J connectivity index is 2.03. The number of benzene rings is 1. The van der Waals surface area contributed by atoms with Crippen LogP contribution in [0.3, 0.4) is 0 Å². The Hall–Kier alpha value is -1.61. The number of piperazine rings is 1. The summed E-state index contributed by atoms with van der Waals surface area (Å²) in [6.45, 7) is 6.39. The van der Waals surface area contributed by atoms with Crippen molar-refractivity contribution in [1.29, 1.82) is 0 Å². The van der Waals surface area contributed by atoms with Crippen LogP contribution in [0, 0.1) is 0 Å². The molecule has 0 aliphatic carbocycles. The Kier molecular flexibility index (Phi) is 3.15. The van der Waals surface area contributed by atoms with Gasteiger partial charge in [-0.15, -0.1) is 0 Å². The van der Waals surface area contributed by atoms with Crippen molar-refractivity contribution < 1.29 is 0 Å². The summed E-state index contributed by atoms with van der Waals surface area (Å²) in [7, 11) is 0. The molecule has 0 unspecified atom stereocenters. The minimum absolute atomic E-state index is 1.04. The van der Waals surface area contributed by atoms with Gasteiger partial charge in [0.25, 0.3) is 0 Å². The lowest BCUT2D eigenvalue weighted by Crippen LogP contribution is -2.43. The second kappa shape index (κ2) is 4.94. The molecule has 1 aliphatic heterocycles. The maximum absolute atomic E-state index is 4.87. The number of hydrogen-bond donors (Lipinski definition) is 1. The number of rotatable bonds is 2. The molecule has 1 aromatic heterocycles. The maximum atomic E-state index is 4.87. The third kappa shape index (κ3) is 2.06. The Bertz CT molecular complexity index is 544. The van der Waals surface area contributed by atoms with E-state index in [0.717, 1.165) is 43.9 Å². The van der Waals surface area contributed by atoms with Gasteiger partial charge in [0.1, 0.15) is 5.82 Å². The van der Waals surface area contributed by atoms with Crippen molar-refractivity contribution in [1.82, 2.24) is 10.3 Å². The van der Waals surface area contributed by atoms with Crippen LogP contribution < -0.4 is 10.2 Å². The molecule has 0 radical (unpaired) electrons. The normalized spacial score (nSPS) is 16.2. The molecule has 0 atom stereocenters. The number of para-hydroxylation sites is 1. The molecule has 1 saturated heterocycles. The smallest absolute Gasteiger partial charge is 0.129 e. The van der Waals surface area contributed by atoms with Crippen molar-refractivity contribution in [2.24, 2.45) is 0 Å². The van der Waals surface area contributed by atoms with Crippen molar-refractivity contribution in [3.05, 3.63) is 35.9 Å². The van der Waals surface area contributed by atoms with Crippen LogP contribution in [0.5, 0.6) is 0 Å². The van der Waals surface area contributed by atoms with Crippen LogP contribution in [0.25, 0.3) is 10.9 Å². The quantitative estimate of drug-likeness (QED) is 0.873. The fourth-order valence-electron chi connectivity index (χ4n) is 2.55. The zero-order valence-electron chi connectivity index (χ0n) is 10.8. The number of nitrogens with one attached hydrogen (secondary N) is 1. The van der Waals surface area contributed by atoms with Crippen LogP contribution in [0.15, 0.2) is 30.3 Å². The monoisotopic (exact) mass is 241 g/mol. The lowest BCUT2D eigenvalue weighted by molar-refractivity contribution is 0.585. The van der Waals surface area contributed by atoms with Gasteiger partial charge in [-0.05, 0) is 24.1 Å². The maximum Gasteiger partial charge on any atom is 0.129 e. The van der Waals surface area contributed by atoms with E-state index in [2.05, 4.69) is 47.5 Å². The first-order valence-corrected chi connectivity index (χ1v) is 6.73. The summed E-state index contributed by atoms with van der Waals surface area (Å²) in [5.74, 6) is 1.12. The van der Waals surface area contributed by atoms with Crippen molar-refractivity contribution >= 4 is 16.7 Å². The number of nitrogens with zero attached hydrogens (tertiary/aromatic N) is 2. The molecule has 0 saturated carbocycles. The van der Waals surface area contributed by atoms with E-state index in [0.29, 0.717) is 0 Å². The highest BCUT2D eigenvalue weighted by Crippen LogP contribution is 2.21. The van der Waals surface area contributed by atoms with Gasteiger partial charge < -0.3 is 10.2 Å². The summed E-state index contributed by atoms with van der Waals surface area (Å²) < 4.78 is 0. The van der Waals surface area contributed by atoms with E-state index in [1.807, 2.05) is 0 Å². The highest BCUT2D eigenvalue weighted by molar-refractivity contribution is 5.83. The minimum Gasteiger partial charge on any atom is -0.354 e. The predicted octanol–water partition coefficient (Wildman–Crippen LogP) is 2.21. The highest BCUT2D eigenvalue weighted by Gasteiger charge is 2.12. The fraction of sp³-hybridized carbons (Fsp3) is 0.400. The Morgan fingerprint density at radius 1 is 1.17 bits per heavy atom. The molecule has 1 fully saturated rings. The zero-order valence-corrected chi connectivity index (χ0v) is 10.8. The van der Waals surface area contributed by atoms with E-state index in [4.69, 9.17) is 4.98 Å². The summed E-state index contributed by atoms with van der Waals surface area (Å²) in [6, 6.07) is 10.8. The molecule has 94 valence electrons. The molecule has 0 amide bonds. The van der Waals surface area contributed by atoms with Crippen LogP contribution in [-0.4, -0.2) is 31.2 Å². The number of hydrogen-bond acceptors (Lipinski definition) is 3. The molecule has 2 aromatic rings. The Morgan fingerprint density at radius 2 is 2.00 bits per heavy atom. The summed E-state index contributed by atoms with van der Waals surface area (Å²) in [6.07, 6.45) is 1.04. The van der Waals surface area contributed by atoms with Crippen LogP contribution in [0.2, 0.25) is 0 Å². The van der Waals surface area contributed by atoms with Gasteiger partial charge in [-0.2, -0.15) is 0 Å². The van der Waals surface area contributed by atoms with Gasteiger partial charge in [-0.1, -0.05) is 25.1 Å². The zero-order chi connectivity index (χ0) is 12.4. The van der Waals surface area contributed by atoms with Gasteiger partial charge >= 0.3 is 0 Å². The number of pyridine rings is 1. The number of fused-ring (bicyclic) bond motifs is 1. The van der Waals surface area contributed by atoms with E-state index in [-0.39, 0.29) is 0 Å². The van der Waals surface area contributed by atoms with Crippen molar-refractivity contribution in [3.63, 3.8) is 0 Å². The molecular formula is C15H19N3. The van der Waals surface area contributed by atoms with E-state index >= 15 is 0 Å². The van der Waals surface area contributed by atoms with E-state index < -0.39 is 0 Å². The van der Waals surface area contributed by atoms with E-state index in [9.17, 15) is 0 Å². The van der Waals surface area contributed by atoms with E-state index in [1.54, 1.807) is 0 Å². The molecule has 1 N–H and O–H groups in total. The van der Waals surface area contributed by atoms with Gasteiger partial charge in [0.05, 0.1) is 5.52 Å². The molecule has 2 heterocycles. The average molecular weight is 241 g/mol. The third-order valence-corrected chi connectivity index (χ3v) is 3.61. The molecule has 3 rings (SSSR count). The lowest BCUT2D eigenvalue weighted by atomic mass is 10.1. The minimum atomic E-state index is 1.04. The van der Waals surface area contributed by atoms with Crippen molar-refractivity contribution in [3.8, 4) is 0 Å². The largest absolute Gasteiger partial charge is 0.354 e. The van der Waals surface area contributed by atoms with Crippen LogP contribution >= 0.6 is 0 Å². The first-order chi connectivity index (χ1) is 8.88. The molecule has 0 spiro atoms. The van der Waals surface area contributed by atoms with Gasteiger partial charge in [0.15, 0.2) is 0 Å². The van der Waals surface area contributed by atoms with Crippen LogP contribution in [-0.2, 0) is 6.42 Å². The number of aryl methyl sites for hydroxylation is 1. The third-order valence-electron chi connectivity index (χ3n) is 3.61. The Labute approximate surface area is 108 Å². The number of anilines is 1. The number of aromatic nitrogens is 1. The second-order valence-corrected chi connectivity index (χ2v) is 4.75. The first kappa shape index (κ1) is 11.5. The summed E-state index contributed by atoms with van der Waals surface area (Å²) in [4.78, 5) is 7.23. The van der Waals surface area contributed by atoms with Crippen LogP contribution in [0.1, 0.15) is 12.5 Å².